The second-order valence-electron chi connectivity index (χ2n) is 3.55. The van der Waals surface area contributed by atoms with E-state index in [9.17, 15) is 4.39 Å². The van der Waals surface area contributed by atoms with Crippen molar-refractivity contribution in [1.82, 2.24) is 0 Å². The molecule has 1 aromatic carbocycles. The molecule has 1 aromatic rings. The van der Waals surface area contributed by atoms with Crippen molar-refractivity contribution in [3.8, 4) is 5.75 Å². The van der Waals surface area contributed by atoms with E-state index in [1.807, 2.05) is 13.0 Å². The minimum absolute atomic E-state index is 0.162. The minimum atomic E-state index is -0.162. The average molecular weight is 196 g/mol. The molecule has 0 heterocycles. The maximum atomic E-state index is 13.5. The summed E-state index contributed by atoms with van der Waals surface area (Å²) in [6, 6.07) is 4.98. The van der Waals surface area contributed by atoms with Gasteiger partial charge in [-0.25, -0.2) is 4.39 Å². The van der Waals surface area contributed by atoms with E-state index in [1.165, 1.54) is 6.07 Å². The highest BCUT2D eigenvalue weighted by Gasteiger charge is 2.15. The summed E-state index contributed by atoms with van der Waals surface area (Å²) >= 11 is 0. The van der Waals surface area contributed by atoms with E-state index in [2.05, 4.69) is 6.92 Å². The average Bonchev–Trinajstić information content (AvgIpc) is 2.17. The van der Waals surface area contributed by atoms with Crippen LogP contribution in [0.2, 0.25) is 0 Å². The largest absolute Gasteiger partial charge is 0.496 e. The molecule has 1 nitrogen and oxygen atoms in total. The van der Waals surface area contributed by atoms with Crippen LogP contribution in [0.4, 0.5) is 4.39 Å². The van der Waals surface area contributed by atoms with Crippen molar-refractivity contribution in [3.63, 3.8) is 0 Å². The van der Waals surface area contributed by atoms with Crippen molar-refractivity contribution in [1.29, 1.82) is 0 Å². The Kier molecular flexibility index (Phi) is 3.93. The fourth-order valence-corrected chi connectivity index (χ4v) is 1.75. The number of benzene rings is 1. The third-order valence-corrected chi connectivity index (χ3v) is 2.45. The molecule has 0 bridgehead atoms. The first kappa shape index (κ1) is 11.0. The van der Waals surface area contributed by atoms with Crippen LogP contribution in [0.25, 0.3) is 0 Å². The van der Waals surface area contributed by atoms with E-state index in [0.717, 1.165) is 12.8 Å². The summed E-state index contributed by atoms with van der Waals surface area (Å²) in [7, 11) is 1.58. The van der Waals surface area contributed by atoms with Gasteiger partial charge in [0, 0.05) is 5.56 Å². The number of halogens is 1. The van der Waals surface area contributed by atoms with Crippen molar-refractivity contribution in [2.75, 3.05) is 7.11 Å². The Bertz CT molecular complexity index is 296. The van der Waals surface area contributed by atoms with Gasteiger partial charge >= 0.3 is 0 Å². The Morgan fingerprint density at radius 1 is 1.43 bits per heavy atom. The van der Waals surface area contributed by atoms with Crippen molar-refractivity contribution in [3.05, 3.63) is 29.6 Å². The molecule has 0 radical (unpaired) electrons. The van der Waals surface area contributed by atoms with Crippen molar-refractivity contribution >= 4 is 0 Å². The summed E-state index contributed by atoms with van der Waals surface area (Å²) < 4.78 is 18.7. The Balaban J connectivity index is 3.03. The van der Waals surface area contributed by atoms with Crippen molar-refractivity contribution in [2.45, 2.75) is 32.6 Å². The highest BCUT2D eigenvalue weighted by Crippen LogP contribution is 2.31. The number of ether oxygens (including phenoxy) is 1. The molecule has 0 saturated carbocycles. The highest BCUT2D eigenvalue weighted by atomic mass is 19.1. The van der Waals surface area contributed by atoms with Crippen LogP contribution in [0.3, 0.4) is 0 Å². The summed E-state index contributed by atoms with van der Waals surface area (Å²) in [4.78, 5) is 0. The summed E-state index contributed by atoms with van der Waals surface area (Å²) in [5, 5.41) is 0. The molecule has 0 N–H and O–H groups in total. The summed E-state index contributed by atoms with van der Waals surface area (Å²) in [5.41, 5.74) is 0.705. The molecule has 0 aliphatic heterocycles. The monoisotopic (exact) mass is 196 g/mol. The number of rotatable bonds is 4. The zero-order chi connectivity index (χ0) is 10.6. The molecule has 0 aromatic heterocycles. The van der Waals surface area contributed by atoms with Gasteiger partial charge < -0.3 is 4.74 Å². The topological polar surface area (TPSA) is 9.23 Å². The second kappa shape index (κ2) is 4.99. The highest BCUT2D eigenvalue weighted by molar-refractivity contribution is 5.37. The summed E-state index contributed by atoms with van der Waals surface area (Å²) in [6.45, 7) is 4.13. The van der Waals surface area contributed by atoms with Gasteiger partial charge in [0.05, 0.1) is 7.11 Å². The van der Waals surface area contributed by atoms with Gasteiger partial charge in [-0.2, -0.15) is 0 Å². The smallest absolute Gasteiger partial charge is 0.130 e. The van der Waals surface area contributed by atoms with Crippen molar-refractivity contribution < 1.29 is 9.13 Å². The molecule has 0 aliphatic rings. The van der Waals surface area contributed by atoms with Gasteiger partial charge in [-0.1, -0.05) is 26.3 Å². The van der Waals surface area contributed by atoms with Gasteiger partial charge in [-0.15, -0.1) is 0 Å². The molecule has 2 heteroatoms. The molecule has 1 rings (SSSR count). The second-order valence-corrected chi connectivity index (χ2v) is 3.55. The lowest BCUT2D eigenvalue weighted by Gasteiger charge is -2.15. The molecule has 0 fully saturated rings. The first-order chi connectivity index (χ1) is 6.70. The molecule has 1 atom stereocenters. The normalized spacial score (nSPS) is 12.6. The number of hydrogen-bond donors (Lipinski definition) is 0. The summed E-state index contributed by atoms with van der Waals surface area (Å²) in [5.74, 6) is 0.715. The van der Waals surface area contributed by atoms with E-state index < -0.39 is 0 Å². The van der Waals surface area contributed by atoms with E-state index in [-0.39, 0.29) is 11.7 Å². The maximum Gasteiger partial charge on any atom is 0.130 e. The van der Waals surface area contributed by atoms with Crippen LogP contribution in [-0.4, -0.2) is 7.11 Å². The fraction of sp³-hybridized carbons (Fsp3) is 0.500. The summed E-state index contributed by atoms with van der Waals surface area (Å²) in [6.07, 6.45) is 2.04. The van der Waals surface area contributed by atoms with E-state index >= 15 is 0 Å². The standard InChI is InChI=1S/C12H17FO/c1-4-6-9(2)12-10(13)7-5-8-11(12)14-3/h5,7-9H,4,6H2,1-3H3. The Morgan fingerprint density at radius 3 is 2.71 bits per heavy atom. The first-order valence-corrected chi connectivity index (χ1v) is 5.03. The van der Waals surface area contributed by atoms with E-state index in [1.54, 1.807) is 13.2 Å². The molecular weight excluding hydrogens is 179 g/mol. The molecule has 0 spiro atoms. The van der Waals surface area contributed by atoms with Crippen LogP contribution in [-0.2, 0) is 0 Å². The lowest BCUT2D eigenvalue weighted by atomic mass is 9.95. The quantitative estimate of drug-likeness (QED) is 0.712. The molecule has 0 saturated heterocycles. The molecular formula is C12H17FO. The van der Waals surface area contributed by atoms with Gasteiger partial charge in [0.25, 0.3) is 0 Å². The predicted molar refractivity (Wildman–Crippen MR) is 56.3 cm³/mol. The predicted octanol–water partition coefficient (Wildman–Crippen LogP) is 3.74. The zero-order valence-electron chi connectivity index (χ0n) is 9.01. The molecule has 14 heavy (non-hydrogen) atoms. The number of methoxy groups -OCH3 is 1. The third-order valence-electron chi connectivity index (χ3n) is 2.45. The van der Waals surface area contributed by atoms with Gasteiger partial charge in [-0.05, 0) is 24.5 Å². The van der Waals surface area contributed by atoms with Crippen LogP contribution >= 0.6 is 0 Å². The molecule has 0 aliphatic carbocycles. The minimum Gasteiger partial charge on any atom is -0.496 e. The zero-order valence-corrected chi connectivity index (χ0v) is 9.01. The number of hydrogen-bond acceptors (Lipinski definition) is 1. The Labute approximate surface area is 84.9 Å². The Hall–Kier alpha value is -1.05. The van der Waals surface area contributed by atoms with Crippen molar-refractivity contribution in [2.24, 2.45) is 0 Å². The first-order valence-electron chi connectivity index (χ1n) is 5.03. The SMILES string of the molecule is CCCC(C)c1c(F)cccc1OC. The molecule has 78 valence electrons. The van der Waals surface area contributed by atoms with E-state index in [0.29, 0.717) is 11.3 Å². The molecule has 0 amide bonds. The van der Waals surface area contributed by atoms with Gasteiger partial charge in [0.1, 0.15) is 11.6 Å². The van der Waals surface area contributed by atoms with E-state index in [4.69, 9.17) is 4.74 Å². The maximum absolute atomic E-state index is 13.5. The fourth-order valence-electron chi connectivity index (χ4n) is 1.75. The van der Waals surface area contributed by atoms with Crippen LogP contribution in [0.15, 0.2) is 18.2 Å². The van der Waals surface area contributed by atoms with Gasteiger partial charge in [-0.3, -0.25) is 0 Å². The lowest BCUT2D eigenvalue weighted by molar-refractivity contribution is 0.398. The van der Waals surface area contributed by atoms with Crippen LogP contribution in [0, 0.1) is 5.82 Å². The third kappa shape index (κ3) is 2.25. The molecule has 1 unspecified atom stereocenters. The van der Waals surface area contributed by atoms with Crippen LogP contribution in [0.5, 0.6) is 5.75 Å². The van der Waals surface area contributed by atoms with Crippen LogP contribution in [0.1, 0.15) is 38.2 Å². The van der Waals surface area contributed by atoms with Gasteiger partial charge in [0.2, 0.25) is 0 Å². The van der Waals surface area contributed by atoms with Gasteiger partial charge in [0.15, 0.2) is 0 Å². The van der Waals surface area contributed by atoms with Crippen LogP contribution < -0.4 is 4.74 Å². The Morgan fingerprint density at radius 2 is 2.14 bits per heavy atom. The lowest BCUT2D eigenvalue weighted by Crippen LogP contribution is -2.00.